The molecule has 0 heterocycles. The zero-order chi connectivity index (χ0) is 16.2. The van der Waals surface area contributed by atoms with Crippen LogP contribution in [0, 0.1) is 0 Å². The van der Waals surface area contributed by atoms with Crippen LogP contribution in [0.1, 0.15) is 44.9 Å². The van der Waals surface area contributed by atoms with Crippen molar-refractivity contribution in [1.82, 2.24) is 10.6 Å². The molecule has 0 atom stereocenters. The van der Waals surface area contributed by atoms with Gasteiger partial charge in [-0.25, -0.2) is 0 Å². The van der Waals surface area contributed by atoms with Crippen LogP contribution < -0.4 is 20.1 Å². The summed E-state index contributed by atoms with van der Waals surface area (Å²) < 4.78 is 11.0. The molecule has 4 nitrogen and oxygen atoms in total. The van der Waals surface area contributed by atoms with Crippen LogP contribution in [0.2, 0.25) is 0 Å². The molecule has 0 spiro atoms. The van der Waals surface area contributed by atoms with Gasteiger partial charge < -0.3 is 20.1 Å². The summed E-state index contributed by atoms with van der Waals surface area (Å²) in [6, 6.07) is 8.55. The van der Waals surface area contributed by atoms with Gasteiger partial charge in [0.15, 0.2) is 11.5 Å². The third kappa shape index (κ3) is 7.23. The Hall–Kier alpha value is -1.26. The van der Waals surface area contributed by atoms with Crippen molar-refractivity contribution in [2.45, 2.75) is 51.0 Å². The molecule has 0 aliphatic heterocycles. The summed E-state index contributed by atoms with van der Waals surface area (Å²) in [5.74, 6) is 1.61. The second-order valence-electron chi connectivity index (χ2n) is 6.25. The first-order valence-electron chi connectivity index (χ1n) is 9.10. The van der Waals surface area contributed by atoms with Gasteiger partial charge >= 0.3 is 0 Å². The van der Waals surface area contributed by atoms with Gasteiger partial charge in [0.05, 0.1) is 7.11 Å². The van der Waals surface area contributed by atoms with E-state index in [0.717, 1.165) is 37.2 Å². The molecule has 1 aromatic carbocycles. The maximum absolute atomic E-state index is 5.74. The highest BCUT2D eigenvalue weighted by atomic mass is 16.5. The molecule has 0 aromatic heterocycles. The summed E-state index contributed by atoms with van der Waals surface area (Å²) in [5.41, 5.74) is 0. The van der Waals surface area contributed by atoms with E-state index in [2.05, 4.69) is 10.6 Å². The van der Waals surface area contributed by atoms with Crippen molar-refractivity contribution in [2.75, 3.05) is 33.4 Å². The molecular weight excluding hydrogens is 288 g/mol. The van der Waals surface area contributed by atoms with Crippen molar-refractivity contribution in [3.63, 3.8) is 0 Å². The standard InChI is InChI=1S/C19H32N2O2/c1-22-18-11-5-6-12-19(18)23-16-15-20-13-7-8-14-21-17-9-3-2-4-10-17/h5-6,11-12,17,20-21H,2-4,7-10,13-16H2,1H3. The van der Waals surface area contributed by atoms with E-state index >= 15 is 0 Å². The number of hydrogen-bond acceptors (Lipinski definition) is 4. The second-order valence-corrected chi connectivity index (χ2v) is 6.25. The minimum Gasteiger partial charge on any atom is -0.493 e. The molecular formula is C19H32N2O2. The molecule has 0 unspecified atom stereocenters. The zero-order valence-corrected chi connectivity index (χ0v) is 14.5. The highest BCUT2D eigenvalue weighted by Gasteiger charge is 2.11. The molecule has 1 saturated carbocycles. The minimum atomic E-state index is 0.667. The van der Waals surface area contributed by atoms with Gasteiger partial charge in [-0.05, 0) is 50.9 Å². The Morgan fingerprint density at radius 3 is 2.48 bits per heavy atom. The van der Waals surface area contributed by atoms with Crippen LogP contribution in [0.15, 0.2) is 24.3 Å². The molecule has 0 bridgehead atoms. The van der Waals surface area contributed by atoms with Crippen LogP contribution in [0.4, 0.5) is 0 Å². The molecule has 130 valence electrons. The van der Waals surface area contributed by atoms with Crippen molar-refractivity contribution < 1.29 is 9.47 Å². The highest BCUT2D eigenvalue weighted by molar-refractivity contribution is 5.39. The van der Waals surface area contributed by atoms with Crippen LogP contribution in [-0.4, -0.2) is 39.4 Å². The fourth-order valence-corrected chi connectivity index (χ4v) is 3.08. The molecule has 2 rings (SSSR count). The van der Waals surface area contributed by atoms with Crippen molar-refractivity contribution in [3.05, 3.63) is 24.3 Å². The van der Waals surface area contributed by atoms with Gasteiger partial charge in [-0.3, -0.25) is 0 Å². The fourth-order valence-electron chi connectivity index (χ4n) is 3.08. The summed E-state index contributed by atoms with van der Waals surface area (Å²) in [6.45, 7) is 3.75. The summed E-state index contributed by atoms with van der Waals surface area (Å²) in [4.78, 5) is 0. The molecule has 0 saturated heterocycles. The SMILES string of the molecule is COc1ccccc1OCCNCCCCNC1CCCCC1. The lowest BCUT2D eigenvalue weighted by Crippen LogP contribution is -2.32. The van der Waals surface area contributed by atoms with Crippen LogP contribution >= 0.6 is 0 Å². The van der Waals surface area contributed by atoms with Crippen LogP contribution in [0.3, 0.4) is 0 Å². The number of nitrogens with one attached hydrogen (secondary N) is 2. The molecule has 23 heavy (non-hydrogen) atoms. The average Bonchev–Trinajstić information content (AvgIpc) is 2.61. The van der Waals surface area contributed by atoms with E-state index in [1.54, 1.807) is 7.11 Å². The fraction of sp³-hybridized carbons (Fsp3) is 0.684. The zero-order valence-electron chi connectivity index (χ0n) is 14.5. The molecule has 4 heteroatoms. The number of ether oxygens (including phenoxy) is 2. The van der Waals surface area contributed by atoms with Gasteiger partial charge in [0.2, 0.25) is 0 Å². The van der Waals surface area contributed by atoms with Crippen LogP contribution in [0.5, 0.6) is 11.5 Å². The van der Waals surface area contributed by atoms with Crippen molar-refractivity contribution in [2.24, 2.45) is 0 Å². The van der Waals surface area contributed by atoms with E-state index in [4.69, 9.17) is 9.47 Å². The average molecular weight is 320 g/mol. The Bertz CT molecular complexity index is 420. The first-order chi connectivity index (χ1) is 11.4. The largest absolute Gasteiger partial charge is 0.493 e. The summed E-state index contributed by atoms with van der Waals surface area (Å²) in [5, 5.41) is 7.13. The number of unbranched alkanes of at least 4 members (excludes halogenated alkanes) is 1. The van der Waals surface area contributed by atoms with Crippen molar-refractivity contribution in [1.29, 1.82) is 0 Å². The Morgan fingerprint density at radius 2 is 1.70 bits per heavy atom. The Balaban J connectivity index is 1.42. The van der Waals surface area contributed by atoms with E-state index in [-0.39, 0.29) is 0 Å². The maximum Gasteiger partial charge on any atom is 0.161 e. The monoisotopic (exact) mass is 320 g/mol. The predicted octanol–water partition coefficient (Wildman–Crippen LogP) is 3.37. The molecule has 0 radical (unpaired) electrons. The lowest BCUT2D eigenvalue weighted by molar-refractivity contribution is 0.292. The molecule has 1 fully saturated rings. The normalized spacial score (nSPS) is 15.5. The van der Waals surface area contributed by atoms with Gasteiger partial charge in [-0.1, -0.05) is 31.4 Å². The first-order valence-corrected chi connectivity index (χ1v) is 9.10. The lowest BCUT2D eigenvalue weighted by atomic mass is 9.95. The minimum absolute atomic E-state index is 0.667. The van der Waals surface area contributed by atoms with Gasteiger partial charge in [0.25, 0.3) is 0 Å². The maximum atomic E-state index is 5.74. The Kier molecular flexibility index (Phi) is 8.89. The second kappa shape index (κ2) is 11.3. The van der Waals surface area contributed by atoms with E-state index < -0.39 is 0 Å². The van der Waals surface area contributed by atoms with E-state index in [1.807, 2.05) is 24.3 Å². The smallest absolute Gasteiger partial charge is 0.161 e. The van der Waals surface area contributed by atoms with E-state index in [9.17, 15) is 0 Å². The highest BCUT2D eigenvalue weighted by Crippen LogP contribution is 2.25. The third-order valence-corrected chi connectivity index (χ3v) is 4.42. The molecule has 0 amide bonds. The van der Waals surface area contributed by atoms with Gasteiger partial charge in [-0.15, -0.1) is 0 Å². The molecule has 1 aliphatic rings. The number of rotatable bonds is 11. The third-order valence-electron chi connectivity index (χ3n) is 4.42. The van der Waals surface area contributed by atoms with Gasteiger partial charge in [0, 0.05) is 12.6 Å². The molecule has 2 N–H and O–H groups in total. The van der Waals surface area contributed by atoms with E-state index in [0.29, 0.717) is 6.61 Å². The van der Waals surface area contributed by atoms with Crippen LogP contribution in [-0.2, 0) is 0 Å². The Morgan fingerprint density at radius 1 is 0.957 bits per heavy atom. The number of methoxy groups -OCH3 is 1. The van der Waals surface area contributed by atoms with Crippen LogP contribution in [0.25, 0.3) is 0 Å². The number of hydrogen-bond donors (Lipinski definition) is 2. The molecule has 1 aromatic rings. The van der Waals surface area contributed by atoms with Gasteiger partial charge in [0.1, 0.15) is 6.61 Å². The molecule has 1 aliphatic carbocycles. The van der Waals surface area contributed by atoms with E-state index in [1.165, 1.54) is 44.9 Å². The van der Waals surface area contributed by atoms with Crippen molar-refractivity contribution >= 4 is 0 Å². The topological polar surface area (TPSA) is 42.5 Å². The number of benzene rings is 1. The predicted molar refractivity (Wildman–Crippen MR) is 95.5 cm³/mol. The van der Waals surface area contributed by atoms with Gasteiger partial charge in [-0.2, -0.15) is 0 Å². The quantitative estimate of drug-likeness (QED) is 0.614. The number of para-hydroxylation sites is 2. The Labute approximate surface area is 140 Å². The first kappa shape index (κ1) is 18.1. The van der Waals surface area contributed by atoms with Crippen molar-refractivity contribution in [3.8, 4) is 11.5 Å². The summed E-state index contributed by atoms with van der Waals surface area (Å²) in [7, 11) is 1.67. The summed E-state index contributed by atoms with van der Waals surface area (Å²) >= 11 is 0. The lowest BCUT2D eigenvalue weighted by Gasteiger charge is -2.22. The summed E-state index contributed by atoms with van der Waals surface area (Å²) in [6.07, 6.45) is 9.46.